The van der Waals surface area contributed by atoms with E-state index in [4.69, 9.17) is 4.74 Å². The van der Waals surface area contributed by atoms with Gasteiger partial charge in [-0.1, -0.05) is 31.9 Å². The number of hydrogen-bond donors (Lipinski definition) is 0. The number of aromatic nitrogens is 4. The topological polar surface area (TPSA) is 71.1 Å². The maximum atomic E-state index is 13.1. The van der Waals surface area contributed by atoms with E-state index in [9.17, 15) is 9.59 Å². The van der Waals surface area contributed by atoms with Crippen LogP contribution in [0.25, 0.3) is 11.0 Å². The van der Waals surface area contributed by atoms with Gasteiger partial charge in [-0.3, -0.25) is 18.6 Å². The summed E-state index contributed by atoms with van der Waals surface area (Å²) >= 11 is 0. The van der Waals surface area contributed by atoms with Gasteiger partial charge in [0.25, 0.3) is 5.56 Å². The summed E-state index contributed by atoms with van der Waals surface area (Å²) in [5, 5.41) is 4.61. The first-order valence-electron chi connectivity index (χ1n) is 9.97. The lowest BCUT2D eigenvalue weighted by atomic mass is 10.2. The molecular formula is C21H26N4O3. The number of aryl methyl sites for hydroxylation is 1. The van der Waals surface area contributed by atoms with Crippen LogP contribution in [0.2, 0.25) is 0 Å². The van der Waals surface area contributed by atoms with Crippen LogP contribution in [0, 0.1) is 0 Å². The van der Waals surface area contributed by atoms with Crippen molar-refractivity contribution in [3.63, 3.8) is 0 Å². The van der Waals surface area contributed by atoms with Gasteiger partial charge in [-0.2, -0.15) is 5.10 Å². The van der Waals surface area contributed by atoms with Crippen LogP contribution in [-0.2, 0) is 13.1 Å². The molecule has 0 bridgehead atoms. The molecule has 1 saturated carbocycles. The van der Waals surface area contributed by atoms with E-state index in [0.29, 0.717) is 23.6 Å². The summed E-state index contributed by atoms with van der Waals surface area (Å²) < 4.78 is 10.1. The highest BCUT2D eigenvalue weighted by atomic mass is 16.5. The van der Waals surface area contributed by atoms with E-state index in [0.717, 1.165) is 30.6 Å². The van der Waals surface area contributed by atoms with Crippen molar-refractivity contribution in [2.24, 2.45) is 0 Å². The summed E-state index contributed by atoms with van der Waals surface area (Å²) in [6.07, 6.45) is 7.22. The first-order chi connectivity index (χ1) is 13.6. The van der Waals surface area contributed by atoms with Crippen molar-refractivity contribution in [3.8, 4) is 5.75 Å². The van der Waals surface area contributed by atoms with Crippen molar-refractivity contribution < 1.29 is 4.74 Å². The molecule has 1 aromatic carbocycles. The first kappa shape index (κ1) is 18.5. The fourth-order valence-corrected chi connectivity index (χ4v) is 4.04. The molecule has 0 saturated heterocycles. The monoisotopic (exact) mass is 382 g/mol. The summed E-state index contributed by atoms with van der Waals surface area (Å²) in [6.45, 7) is 2.81. The highest BCUT2D eigenvalue weighted by molar-refractivity contribution is 5.72. The zero-order valence-electron chi connectivity index (χ0n) is 16.4. The average Bonchev–Trinajstić information content (AvgIpc) is 3.39. The smallest absolute Gasteiger partial charge is 0.331 e. The second-order valence-electron chi connectivity index (χ2n) is 7.45. The van der Waals surface area contributed by atoms with E-state index in [-0.39, 0.29) is 17.8 Å². The number of benzene rings is 1. The van der Waals surface area contributed by atoms with E-state index >= 15 is 0 Å². The molecule has 28 heavy (non-hydrogen) atoms. The van der Waals surface area contributed by atoms with Crippen LogP contribution in [0.3, 0.4) is 0 Å². The van der Waals surface area contributed by atoms with E-state index in [1.807, 2.05) is 42.1 Å². The predicted octanol–water partition coefficient (Wildman–Crippen LogP) is 2.94. The Morgan fingerprint density at radius 1 is 1.11 bits per heavy atom. The van der Waals surface area contributed by atoms with Gasteiger partial charge in [0.05, 0.1) is 25.2 Å². The molecule has 1 aliphatic rings. The molecule has 0 N–H and O–H groups in total. The van der Waals surface area contributed by atoms with Gasteiger partial charge in [0.1, 0.15) is 5.75 Å². The minimum Gasteiger partial charge on any atom is -0.497 e. The Bertz CT molecular complexity index is 1090. The third kappa shape index (κ3) is 3.25. The molecule has 3 aromatic rings. The van der Waals surface area contributed by atoms with Crippen LogP contribution >= 0.6 is 0 Å². The highest BCUT2D eigenvalue weighted by Gasteiger charge is 2.22. The molecule has 0 unspecified atom stereocenters. The molecule has 0 atom stereocenters. The van der Waals surface area contributed by atoms with Gasteiger partial charge >= 0.3 is 5.69 Å². The third-order valence-electron chi connectivity index (χ3n) is 5.56. The normalized spacial score (nSPS) is 14.8. The molecule has 0 aliphatic heterocycles. The Morgan fingerprint density at radius 3 is 2.46 bits per heavy atom. The Morgan fingerprint density at radius 2 is 1.82 bits per heavy atom. The first-order valence-corrected chi connectivity index (χ1v) is 9.97. The van der Waals surface area contributed by atoms with Gasteiger partial charge in [-0.25, -0.2) is 4.79 Å². The van der Waals surface area contributed by atoms with Crippen LogP contribution in [-0.4, -0.2) is 26.0 Å². The van der Waals surface area contributed by atoms with Gasteiger partial charge in [0.15, 0.2) is 5.52 Å². The summed E-state index contributed by atoms with van der Waals surface area (Å²) in [5.41, 5.74) is 1.31. The van der Waals surface area contributed by atoms with E-state index < -0.39 is 0 Å². The predicted molar refractivity (Wildman–Crippen MR) is 108 cm³/mol. The van der Waals surface area contributed by atoms with Crippen LogP contribution in [0.4, 0.5) is 0 Å². The van der Waals surface area contributed by atoms with E-state index in [1.54, 1.807) is 11.7 Å². The minimum atomic E-state index is -0.320. The lowest BCUT2D eigenvalue weighted by Gasteiger charge is -2.11. The van der Waals surface area contributed by atoms with Crippen LogP contribution in [0.1, 0.15) is 50.6 Å². The minimum absolute atomic E-state index is 0.220. The summed E-state index contributed by atoms with van der Waals surface area (Å²) in [6, 6.07) is 7.73. The SMILES string of the molecule is CCCn1c(=O)n(Cc2ccc(OC)cc2)c(=O)c2nn(C3CCCC3)cc21. The van der Waals surface area contributed by atoms with Crippen LogP contribution < -0.4 is 16.0 Å². The van der Waals surface area contributed by atoms with Gasteiger partial charge in [0, 0.05) is 12.7 Å². The fourth-order valence-electron chi connectivity index (χ4n) is 4.04. The van der Waals surface area contributed by atoms with E-state index in [2.05, 4.69) is 5.10 Å². The Kier molecular flexibility index (Phi) is 5.07. The summed E-state index contributed by atoms with van der Waals surface area (Å²) in [7, 11) is 1.61. The second kappa shape index (κ2) is 7.66. The molecule has 0 radical (unpaired) electrons. The quantitative estimate of drug-likeness (QED) is 0.657. The molecule has 7 nitrogen and oxygen atoms in total. The zero-order valence-corrected chi connectivity index (χ0v) is 16.4. The van der Waals surface area contributed by atoms with Crippen LogP contribution in [0.5, 0.6) is 5.75 Å². The molecule has 1 fully saturated rings. The molecule has 2 heterocycles. The number of fused-ring (bicyclic) bond motifs is 1. The maximum absolute atomic E-state index is 13.1. The van der Waals surface area contributed by atoms with Gasteiger partial charge in [0.2, 0.25) is 0 Å². The van der Waals surface area contributed by atoms with Crippen molar-refractivity contribution >= 4 is 11.0 Å². The fraction of sp³-hybridized carbons (Fsp3) is 0.476. The molecule has 4 rings (SSSR count). The molecule has 1 aliphatic carbocycles. The molecule has 0 amide bonds. The Balaban J connectivity index is 1.83. The van der Waals surface area contributed by atoms with Gasteiger partial charge < -0.3 is 4.74 Å². The molecule has 2 aromatic heterocycles. The Labute approximate surface area is 163 Å². The molecule has 0 spiro atoms. The van der Waals surface area contributed by atoms with Crippen molar-refractivity contribution in [3.05, 3.63) is 56.9 Å². The van der Waals surface area contributed by atoms with Gasteiger partial charge in [-0.05, 0) is 37.0 Å². The van der Waals surface area contributed by atoms with Crippen LogP contribution in [0.15, 0.2) is 40.1 Å². The molecule has 7 heteroatoms. The lowest BCUT2D eigenvalue weighted by Crippen LogP contribution is -2.40. The third-order valence-corrected chi connectivity index (χ3v) is 5.56. The maximum Gasteiger partial charge on any atom is 0.331 e. The van der Waals surface area contributed by atoms with Crippen molar-refractivity contribution in [1.82, 2.24) is 18.9 Å². The average molecular weight is 382 g/mol. The van der Waals surface area contributed by atoms with Crippen molar-refractivity contribution in [1.29, 1.82) is 0 Å². The number of nitrogens with zero attached hydrogens (tertiary/aromatic N) is 4. The van der Waals surface area contributed by atoms with Crippen molar-refractivity contribution in [2.75, 3.05) is 7.11 Å². The summed E-state index contributed by atoms with van der Waals surface area (Å²) in [4.78, 5) is 26.2. The lowest BCUT2D eigenvalue weighted by molar-refractivity contribution is 0.414. The highest BCUT2D eigenvalue weighted by Crippen LogP contribution is 2.29. The Hall–Kier alpha value is -2.83. The number of hydrogen-bond acceptors (Lipinski definition) is 4. The summed E-state index contributed by atoms with van der Waals surface area (Å²) in [5.74, 6) is 0.741. The molecular weight excluding hydrogens is 356 g/mol. The zero-order chi connectivity index (χ0) is 19.7. The number of ether oxygens (including phenoxy) is 1. The standard InChI is InChI=1S/C21H26N4O3/c1-3-12-23-18-14-25(16-6-4-5-7-16)22-19(18)20(26)24(21(23)27)13-15-8-10-17(28-2)11-9-15/h8-11,14,16H,3-7,12-13H2,1-2H3. The number of rotatable bonds is 6. The largest absolute Gasteiger partial charge is 0.497 e. The second-order valence-corrected chi connectivity index (χ2v) is 7.45. The molecule has 148 valence electrons. The number of methoxy groups -OCH3 is 1. The van der Waals surface area contributed by atoms with E-state index in [1.165, 1.54) is 17.4 Å². The van der Waals surface area contributed by atoms with Gasteiger partial charge in [-0.15, -0.1) is 0 Å². The van der Waals surface area contributed by atoms with Crippen molar-refractivity contribution in [2.45, 2.75) is 58.2 Å².